The molecule has 4 aromatic rings. The number of carbonyl (C=O) groups excluding carboxylic acids is 3. The molecule has 1 aromatic heterocycles. The molecule has 0 radical (unpaired) electrons. The quantitative estimate of drug-likeness (QED) is 0.350. The molecule has 2 amide bonds. The number of carbonyl (C=O) groups is 3. The minimum Gasteiger partial charge on any atom is -0.345 e. The first-order valence-electron chi connectivity index (χ1n) is 10.9. The summed E-state index contributed by atoms with van der Waals surface area (Å²) < 4.78 is 1.65. The first-order chi connectivity index (χ1) is 16.9. The van der Waals surface area contributed by atoms with Crippen molar-refractivity contribution < 1.29 is 14.4 Å². The number of ketones is 1. The summed E-state index contributed by atoms with van der Waals surface area (Å²) in [7, 11) is 1.75. The van der Waals surface area contributed by atoms with Crippen molar-refractivity contribution in [2.75, 3.05) is 5.32 Å². The summed E-state index contributed by atoms with van der Waals surface area (Å²) in [6, 6.07) is 22.0. The molecule has 0 saturated heterocycles. The standard InChI is InChI=1S/C27H23ClN4O3/c1-32-16-15-29-26(32)25(34)19-11-13-20(14-12-19)30-24(33)17-23(18-7-3-2-4-8-18)31-27(35)21-9-5-6-10-22(21)28/h2-16,23H,17H2,1H3,(H,30,33)(H,31,35)/t23-/m0/s1. The number of aryl methyl sites for hydroxylation is 1. The van der Waals surface area contributed by atoms with Crippen LogP contribution in [0.4, 0.5) is 5.69 Å². The van der Waals surface area contributed by atoms with Crippen LogP contribution in [0.3, 0.4) is 0 Å². The van der Waals surface area contributed by atoms with E-state index in [9.17, 15) is 14.4 Å². The van der Waals surface area contributed by atoms with Gasteiger partial charge in [0.15, 0.2) is 5.82 Å². The fourth-order valence-corrected chi connectivity index (χ4v) is 3.86. The molecule has 0 aliphatic carbocycles. The van der Waals surface area contributed by atoms with Gasteiger partial charge in [-0.25, -0.2) is 4.98 Å². The maximum absolute atomic E-state index is 12.9. The van der Waals surface area contributed by atoms with Gasteiger partial charge >= 0.3 is 0 Å². The van der Waals surface area contributed by atoms with Crippen LogP contribution in [0.15, 0.2) is 91.3 Å². The molecule has 1 atom stereocenters. The number of halogens is 1. The van der Waals surface area contributed by atoms with E-state index in [1.807, 2.05) is 30.3 Å². The van der Waals surface area contributed by atoms with Gasteiger partial charge in [-0.2, -0.15) is 0 Å². The van der Waals surface area contributed by atoms with Crippen molar-refractivity contribution in [3.05, 3.63) is 119 Å². The van der Waals surface area contributed by atoms with Gasteiger partial charge in [0.1, 0.15) is 0 Å². The number of nitrogens with one attached hydrogen (secondary N) is 2. The number of nitrogens with zero attached hydrogens (tertiary/aromatic N) is 2. The molecular weight excluding hydrogens is 464 g/mol. The Bertz CT molecular complexity index is 1350. The molecule has 35 heavy (non-hydrogen) atoms. The Kier molecular flexibility index (Phi) is 7.38. The van der Waals surface area contributed by atoms with Gasteiger partial charge in [-0.15, -0.1) is 0 Å². The van der Waals surface area contributed by atoms with Crippen LogP contribution in [0, 0.1) is 0 Å². The maximum atomic E-state index is 12.9. The average Bonchev–Trinajstić information content (AvgIpc) is 3.30. The maximum Gasteiger partial charge on any atom is 0.253 e. The highest BCUT2D eigenvalue weighted by atomic mass is 35.5. The molecule has 0 aliphatic rings. The second kappa shape index (κ2) is 10.8. The topological polar surface area (TPSA) is 93.1 Å². The summed E-state index contributed by atoms with van der Waals surface area (Å²) in [5.41, 5.74) is 2.13. The number of benzene rings is 3. The van der Waals surface area contributed by atoms with Gasteiger partial charge in [-0.1, -0.05) is 54.1 Å². The molecule has 1 heterocycles. The molecule has 3 aromatic carbocycles. The predicted octanol–water partition coefficient (Wildman–Crippen LogP) is 4.80. The number of aromatic nitrogens is 2. The Labute approximate surface area is 207 Å². The lowest BCUT2D eigenvalue weighted by Gasteiger charge is -2.19. The lowest BCUT2D eigenvalue weighted by atomic mass is 10.0. The molecule has 0 spiro atoms. The average molecular weight is 487 g/mol. The van der Waals surface area contributed by atoms with Crippen molar-refractivity contribution in [1.82, 2.24) is 14.9 Å². The van der Waals surface area contributed by atoms with Crippen LogP contribution in [0.5, 0.6) is 0 Å². The second-order valence-corrected chi connectivity index (χ2v) is 8.34. The fraction of sp³-hybridized carbons (Fsp3) is 0.111. The van der Waals surface area contributed by atoms with Gasteiger partial charge in [-0.05, 0) is 42.0 Å². The van der Waals surface area contributed by atoms with Gasteiger partial charge in [0.25, 0.3) is 5.91 Å². The fourth-order valence-electron chi connectivity index (χ4n) is 3.63. The van der Waals surface area contributed by atoms with E-state index in [0.29, 0.717) is 27.7 Å². The van der Waals surface area contributed by atoms with E-state index in [1.54, 1.807) is 72.5 Å². The van der Waals surface area contributed by atoms with Crippen LogP contribution in [0.25, 0.3) is 0 Å². The van der Waals surface area contributed by atoms with Crippen molar-refractivity contribution in [1.29, 1.82) is 0 Å². The van der Waals surface area contributed by atoms with Gasteiger partial charge in [-0.3, -0.25) is 14.4 Å². The Morgan fingerprint density at radius 1 is 0.943 bits per heavy atom. The van der Waals surface area contributed by atoms with E-state index in [-0.39, 0.29) is 24.0 Å². The smallest absolute Gasteiger partial charge is 0.253 e. The first-order valence-corrected chi connectivity index (χ1v) is 11.3. The summed E-state index contributed by atoms with van der Waals surface area (Å²) in [6.45, 7) is 0. The van der Waals surface area contributed by atoms with Crippen molar-refractivity contribution in [3.8, 4) is 0 Å². The van der Waals surface area contributed by atoms with Crippen LogP contribution >= 0.6 is 11.6 Å². The van der Waals surface area contributed by atoms with Crippen molar-refractivity contribution in [2.45, 2.75) is 12.5 Å². The highest BCUT2D eigenvalue weighted by Gasteiger charge is 2.21. The van der Waals surface area contributed by atoms with Crippen LogP contribution in [-0.2, 0) is 11.8 Å². The lowest BCUT2D eigenvalue weighted by molar-refractivity contribution is -0.116. The minimum absolute atomic E-state index is 0.00809. The number of imidazole rings is 1. The summed E-state index contributed by atoms with van der Waals surface area (Å²) in [5.74, 6) is -0.528. The van der Waals surface area contributed by atoms with Crippen LogP contribution in [0.1, 0.15) is 44.6 Å². The molecule has 0 unspecified atom stereocenters. The normalized spacial score (nSPS) is 11.5. The van der Waals surface area contributed by atoms with E-state index >= 15 is 0 Å². The lowest BCUT2D eigenvalue weighted by Crippen LogP contribution is -2.31. The summed E-state index contributed by atoms with van der Waals surface area (Å²) in [6.07, 6.45) is 3.28. The number of hydrogen-bond donors (Lipinski definition) is 2. The summed E-state index contributed by atoms with van der Waals surface area (Å²) in [4.78, 5) is 42.4. The molecule has 0 fully saturated rings. The van der Waals surface area contributed by atoms with Gasteiger partial charge in [0.2, 0.25) is 11.7 Å². The molecule has 0 bridgehead atoms. The molecule has 176 valence electrons. The molecular formula is C27H23ClN4O3. The van der Waals surface area contributed by atoms with Gasteiger partial charge < -0.3 is 15.2 Å². The highest BCUT2D eigenvalue weighted by molar-refractivity contribution is 6.33. The van der Waals surface area contributed by atoms with Crippen molar-refractivity contribution in [3.63, 3.8) is 0 Å². The number of amides is 2. The number of rotatable bonds is 8. The second-order valence-electron chi connectivity index (χ2n) is 7.94. The summed E-state index contributed by atoms with van der Waals surface area (Å²) in [5, 5.41) is 6.08. The third-order valence-corrected chi connectivity index (χ3v) is 5.80. The number of anilines is 1. The number of hydrogen-bond acceptors (Lipinski definition) is 4. The Morgan fingerprint density at radius 3 is 2.29 bits per heavy atom. The molecule has 4 rings (SSSR count). The van der Waals surface area contributed by atoms with Crippen LogP contribution < -0.4 is 10.6 Å². The zero-order valence-electron chi connectivity index (χ0n) is 18.9. The van der Waals surface area contributed by atoms with Crippen molar-refractivity contribution in [2.24, 2.45) is 7.05 Å². The Balaban J connectivity index is 1.45. The van der Waals surface area contributed by atoms with E-state index in [1.165, 1.54) is 0 Å². The molecule has 2 N–H and O–H groups in total. The third kappa shape index (κ3) is 5.83. The Morgan fingerprint density at radius 2 is 1.63 bits per heavy atom. The minimum atomic E-state index is -0.566. The van der Waals surface area contributed by atoms with E-state index < -0.39 is 6.04 Å². The molecule has 0 aliphatic heterocycles. The predicted molar refractivity (Wildman–Crippen MR) is 134 cm³/mol. The molecule has 7 nitrogen and oxygen atoms in total. The largest absolute Gasteiger partial charge is 0.345 e. The van der Waals surface area contributed by atoms with Gasteiger partial charge in [0.05, 0.1) is 23.0 Å². The molecule has 8 heteroatoms. The van der Waals surface area contributed by atoms with Gasteiger partial charge in [0, 0.05) is 30.7 Å². The first kappa shape index (κ1) is 23.9. The highest BCUT2D eigenvalue weighted by Crippen LogP contribution is 2.21. The van der Waals surface area contributed by atoms with Crippen molar-refractivity contribution >= 4 is 34.9 Å². The van der Waals surface area contributed by atoms with Crippen LogP contribution in [0.2, 0.25) is 5.02 Å². The Hall–Kier alpha value is -4.23. The van der Waals surface area contributed by atoms with Crippen LogP contribution in [-0.4, -0.2) is 27.1 Å². The zero-order valence-corrected chi connectivity index (χ0v) is 19.7. The third-order valence-electron chi connectivity index (χ3n) is 5.47. The molecule has 0 saturated carbocycles. The SMILES string of the molecule is Cn1ccnc1C(=O)c1ccc(NC(=O)C[C@H](NC(=O)c2ccccc2Cl)c2ccccc2)cc1. The van der Waals surface area contributed by atoms with E-state index in [4.69, 9.17) is 11.6 Å². The van der Waals surface area contributed by atoms with E-state index in [0.717, 1.165) is 5.56 Å². The zero-order chi connectivity index (χ0) is 24.8. The van der Waals surface area contributed by atoms with E-state index in [2.05, 4.69) is 15.6 Å². The monoisotopic (exact) mass is 486 g/mol. The summed E-state index contributed by atoms with van der Waals surface area (Å²) >= 11 is 6.17.